The van der Waals surface area contributed by atoms with E-state index in [1.54, 1.807) is 6.20 Å². The third-order valence-electron chi connectivity index (χ3n) is 1.95. The van der Waals surface area contributed by atoms with E-state index in [1.165, 1.54) is 11.8 Å². The van der Waals surface area contributed by atoms with E-state index in [9.17, 15) is 0 Å². The lowest BCUT2D eigenvalue weighted by molar-refractivity contribution is 0.725. The van der Waals surface area contributed by atoms with Crippen LogP contribution in [0.15, 0.2) is 17.6 Å². The van der Waals surface area contributed by atoms with Gasteiger partial charge in [0.2, 0.25) is 11.1 Å². The van der Waals surface area contributed by atoms with Crippen molar-refractivity contribution in [3.8, 4) is 0 Å². The average Bonchev–Trinajstić information content (AvgIpc) is 2.83. The van der Waals surface area contributed by atoms with Crippen LogP contribution in [0.4, 0.5) is 5.95 Å². The lowest BCUT2D eigenvalue weighted by Crippen LogP contribution is -1.99. The highest BCUT2D eigenvalue weighted by atomic mass is 32.2. The summed E-state index contributed by atoms with van der Waals surface area (Å²) in [4.78, 5) is 8.26. The standard InChI is InChI=1S/C8H12N6S/c1-2-14-4-3-10-6(14)5-15-8-11-7(9)12-13-8/h3-4H,2,5H2,1H3,(H3,9,11,12,13). The van der Waals surface area contributed by atoms with E-state index < -0.39 is 0 Å². The van der Waals surface area contributed by atoms with Crippen molar-refractivity contribution in [3.63, 3.8) is 0 Å². The van der Waals surface area contributed by atoms with Crippen LogP contribution in [0.25, 0.3) is 0 Å². The van der Waals surface area contributed by atoms with Crippen LogP contribution < -0.4 is 5.73 Å². The number of thioether (sulfide) groups is 1. The number of aryl methyl sites for hydroxylation is 1. The topological polar surface area (TPSA) is 85.4 Å². The minimum Gasteiger partial charge on any atom is -0.368 e. The number of nitrogens with two attached hydrogens (primary N) is 1. The summed E-state index contributed by atoms with van der Waals surface area (Å²) in [6.07, 6.45) is 3.76. The molecule has 0 atom stereocenters. The monoisotopic (exact) mass is 224 g/mol. The van der Waals surface area contributed by atoms with Crippen molar-refractivity contribution in [2.45, 2.75) is 24.4 Å². The highest BCUT2D eigenvalue weighted by Crippen LogP contribution is 2.18. The maximum Gasteiger partial charge on any atom is 0.216 e. The number of aromatic nitrogens is 5. The summed E-state index contributed by atoms with van der Waals surface area (Å²) < 4.78 is 2.09. The molecule has 7 heteroatoms. The average molecular weight is 224 g/mol. The van der Waals surface area contributed by atoms with Gasteiger partial charge in [-0.1, -0.05) is 11.8 Å². The van der Waals surface area contributed by atoms with Crippen LogP contribution in [0.2, 0.25) is 0 Å². The summed E-state index contributed by atoms with van der Waals surface area (Å²) in [6, 6.07) is 0. The summed E-state index contributed by atoms with van der Waals surface area (Å²) in [6.45, 7) is 3.01. The Morgan fingerprint density at radius 1 is 1.60 bits per heavy atom. The Labute approximate surface area is 91.3 Å². The first kappa shape index (κ1) is 10.0. The first-order valence-corrected chi connectivity index (χ1v) is 5.59. The smallest absolute Gasteiger partial charge is 0.216 e. The van der Waals surface area contributed by atoms with Gasteiger partial charge in [-0.15, -0.1) is 5.10 Å². The zero-order chi connectivity index (χ0) is 10.7. The normalized spacial score (nSPS) is 10.7. The molecule has 0 bridgehead atoms. The highest BCUT2D eigenvalue weighted by molar-refractivity contribution is 7.98. The number of anilines is 1. The van der Waals surface area contributed by atoms with Gasteiger partial charge in [0.1, 0.15) is 5.82 Å². The van der Waals surface area contributed by atoms with E-state index in [0.717, 1.165) is 18.1 Å². The molecule has 6 nitrogen and oxygen atoms in total. The summed E-state index contributed by atoms with van der Waals surface area (Å²) in [5.41, 5.74) is 5.42. The molecule has 2 aromatic heterocycles. The van der Waals surface area contributed by atoms with Gasteiger partial charge in [0.15, 0.2) is 0 Å². The molecule has 0 aliphatic rings. The summed E-state index contributed by atoms with van der Waals surface area (Å²) in [5.74, 6) is 2.11. The first-order valence-electron chi connectivity index (χ1n) is 4.60. The molecule has 3 N–H and O–H groups in total. The molecular weight excluding hydrogens is 212 g/mol. The van der Waals surface area contributed by atoms with Gasteiger partial charge >= 0.3 is 0 Å². The molecule has 0 saturated carbocycles. The van der Waals surface area contributed by atoms with Gasteiger partial charge in [0.25, 0.3) is 0 Å². The molecule has 15 heavy (non-hydrogen) atoms. The van der Waals surface area contributed by atoms with Crippen molar-refractivity contribution in [2.75, 3.05) is 5.73 Å². The summed E-state index contributed by atoms with van der Waals surface area (Å²) >= 11 is 1.51. The fourth-order valence-corrected chi connectivity index (χ4v) is 1.99. The van der Waals surface area contributed by atoms with E-state index in [4.69, 9.17) is 5.73 Å². The van der Waals surface area contributed by atoms with Crippen LogP contribution in [-0.2, 0) is 12.3 Å². The highest BCUT2D eigenvalue weighted by Gasteiger charge is 2.05. The van der Waals surface area contributed by atoms with Gasteiger partial charge in [0, 0.05) is 18.9 Å². The van der Waals surface area contributed by atoms with E-state index in [2.05, 4.69) is 31.7 Å². The Bertz CT molecular complexity index is 434. The van der Waals surface area contributed by atoms with Crippen LogP contribution in [0, 0.1) is 0 Å². The van der Waals surface area contributed by atoms with E-state index in [1.807, 2.05) is 6.20 Å². The Morgan fingerprint density at radius 2 is 2.47 bits per heavy atom. The fourth-order valence-electron chi connectivity index (χ4n) is 1.22. The molecule has 0 aliphatic carbocycles. The number of rotatable bonds is 4. The summed E-state index contributed by atoms with van der Waals surface area (Å²) in [5, 5.41) is 7.18. The SMILES string of the molecule is CCn1ccnc1CSc1n[nH]c(N)n1. The van der Waals surface area contributed by atoms with E-state index >= 15 is 0 Å². The largest absolute Gasteiger partial charge is 0.368 e. The zero-order valence-electron chi connectivity index (χ0n) is 8.34. The second-order valence-electron chi connectivity index (χ2n) is 2.92. The van der Waals surface area contributed by atoms with Gasteiger partial charge in [-0.05, 0) is 6.92 Å². The molecule has 80 valence electrons. The predicted octanol–water partition coefficient (Wildman–Crippen LogP) is 0.896. The molecule has 0 amide bonds. The quantitative estimate of drug-likeness (QED) is 0.753. The van der Waals surface area contributed by atoms with Crippen molar-refractivity contribution in [3.05, 3.63) is 18.2 Å². The van der Waals surface area contributed by atoms with Gasteiger partial charge in [-0.2, -0.15) is 4.98 Å². The predicted molar refractivity (Wildman–Crippen MR) is 58.3 cm³/mol. The molecule has 2 rings (SSSR count). The van der Waals surface area contributed by atoms with Crippen molar-refractivity contribution in [1.82, 2.24) is 24.7 Å². The number of nitrogens with one attached hydrogen (secondary N) is 1. The lowest BCUT2D eigenvalue weighted by Gasteiger charge is -2.01. The van der Waals surface area contributed by atoms with Gasteiger partial charge in [-0.25, -0.2) is 10.1 Å². The fraction of sp³-hybridized carbons (Fsp3) is 0.375. The van der Waals surface area contributed by atoms with Gasteiger partial charge in [-0.3, -0.25) is 0 Å². The van der Waals surface area contributed by atoms with Gasteiger partial charge < -0.3 is 10.3 Å². The van der Waals surface area contributed by atoms with Crippen molar-refractivity contribution in [1.29, 1.82) is 0 Å². The van der Waals surface area contributed by atoms with Crippen LogP contribution in [0.1, 0.15) is 12.7 Å². The molecule has 2 aromatic rings. The number of H-pyrrole nitrogens is 1. The lowest BCUT2D eigenvalue weighted by atomic mass is 10.6. The van der Waals surface area contributed by atoms with Crippen molar-refractivity contribution >= 4 is 17.7 Å². The number of hydrogen-bond acceptors (Lipinski definition) is 5. The Hall–Kier alpha value is -1.50. The van der Waals surface area contributed by atoms with E-state index in [0.29, 0.717) is 11.1 Å². The Morgan fingerprint density at radius 3 is 3.13 bits per heavy atom. The molecule has 0 aromatic carbocycles. The minimum absolute atomic E-state index is 0.344. The molecule has 0 fully saturated rings. The molecule has 0 radical (unpaired) electrons. The second kappa shape index (κ2) is 4.35. The molecule has 0 aliphatic heterocycles. The number of imidazole rings is 1. The number of aromatic amines is 1. The van der Waals surface area contributed by atoms with Crippen LogP contribution >= 0.6 is 11.8 Å². The summed E-state index contributed by atoms with van der Waals surface area (Å²) in [7, 11) is 0. The maximum atomic E-state index is 5.42. The molecule has 0 unspecified atom stereocenters. The van der Waals surface area contributed by atoms with Crippen molar-refractivity contribution in [2.24, 2.45) is 0 Å². The number of nitrogen functional groups attached to an aromatic ring is 1. The molecule has 0 spiro atoms. The Kier molecular flexibility index (Phi) is 2.91. The molecule has 2 heterocycles. The number of nitrogens with zero attached hydrogens (tertiary/aromatic N) is 4. The zero-order valence-corrected chi connectivity index (χ0v) is 9.16. The van der Waals surface area contributed by atoms with Crippen LogP contribution in [0.3, 0.4) is 0 Å². The maximum absolute atomic E-state index is 5.42. The molecule has 0 saturated heterocycles. The van der Waals surface area contributed by atoms with Crippen LogP contribution in [0.5, 0.6) is 0 Å². The first-order chi connectivity index (χ1) is 7.29. The van der Waals surface area contributed by atoms with Crippen LogP contribution in [-0.4, -0.2) is 24.7 Å². The Balaban J connectivity index is 1.98. The minimum atomic E-state index is 0.344. The third kappa shape index (κ3) is 2.30. The molecular formula is C8H12N6S. The van der Waals surface area contributed by atoms with E-state index in [-0.39, 0.29) is 0 Å². The number of hydrogen-bond donors (Lipinski definition) is 2. The van der Waals surface area contributed by atoms with Gasteiger partial charge in [0.05, 0.1) is 5.75 Å². The second-order valence-corrected chi connectivity index (χ2v) is 3.86. The van der Waals surface area contributed by atoms with Crippen molar-refractivity contribution < 1.29 is 0 Å². The third-order valence-corrected chi connectivity index (χ3v) is 2.80.